The van der Waals surface area contributed by atoms with Crippen LogP contribution in [0.2, 0.25) is 0 Å². The molecule has 2 amide bonds. The van der Waals surface area contributed by atoms with Crippen LogP contribution in [0.4, 0.5) is 0 Å². The van der Waals surface area contributed by atoms with Gasteiger partial charge in [-0.3, -0.25) is 14.7 Å². The van der Waals surface area contributed by atoms with Gasteiger partial charge in [-0.2, -0.15) is 10.4 Å². The third kappa shape index (κ3) is 3.94. The molecular weight excluding hydrogens is 382 g/mol. The third-order valence-electron chi connectivity index (χ3n) is 5.90. The number of aromatic amines is 1. The summed E-state index contributed by atoms with van der Waals surface area (Å²) in [6.45, 7) is 5.32. The molecule has 30 heavy (non-hydrogen) atoms. The number of amides is 2. The molecule has 1 N–H and O–H groups in total. The van der Waals surface area contributed by atoms with Gasteiger partial charge in [0.15, 0.2) is 0 Å². The van der Waals surface area contributed by atoms with Crippen molar-refractivity contribution in [2.24, 2.45) is 0 Å². The van der Waals surface area contributed by atoms with Crippen LogP contribution >= 0.6 is 0 Å². The van der Waals surface area contributed by atoms with Gasteiger partial charge in [0, 0.05) is 37.7 Å². The number of nitrogens with one attached hydrogen (secondary N) is 1. The second-order valence-electron chi connectivity index (χ2n) is 7.83. The lowest BCUT2D eigenvalue weighted by atomic mass is 9.91. The highest BCUT2D eigenvalue weighted by molar-refractivity contribution is 5.96. The fraction of sp³-hybridized carbons (Fsp3) is 0.455. The molecule has 1 aromatic heterocycles. The number of hydrogen-bond donors (Lipinski definition) is 1. The predicted octanol–water partition coefficient (Wildman–Crippen LogP) is 2.08. The highest BCUT2D eigenvalue weighted by Gasteiger charge is 2.31. The van der Waals surface area contributed by atoms with Crippen LogP contribution in [0.3, 0.4) is 0 Å². The highest BCUT2D eigenvalue weighted by Crippen LogP contribution is 2.29. The number of carbonyl (C=O) groups is 2. The topological polar surface area (TPSA) is 102 Å². The van der Waals surface area contributed by atoms with Crippen molar-refractivity contribution in [1.82, 2.24) is 20.0 Å². The molecule has 0 radical (unpaired) electrons. The average Bonchev–Trinajstić information content (AvgIpc) is 3.28. The minimum absolute atomic E-state index is 0.0314. The molecular formula is C22H25N5O3. The molecule has 0 aliphatic carbocycles. The Balaban J connectivity index is 1.51. The van der Waals surface area contributed by atoms with Gasteiger partial charge in [0.25, 0.3) is 11.8 Å². The van der Waals surface area contributed by atoms with Crippen molar-refractivity contribution < 1.29 is 14.3 Å². The summed E-state index contributed by atoms with van der Waals surface area (Å²) in [5.41, 5.74) is 3.35. The maximum atomic E-state index is 13.1. The molecule has 0 unspecified atom stereocenters. The largest absolute Gasteiger partial charge is 0.378 e. The number of ether oxygens (including phenoxy) is 1. The zero-order chi connectivity index (χ0) is 21.1. The lowest BCUT2D eigenvalue weighted by Gasteiger charge is -2.33. The molecule has 3 heterocycles. The predicted molar refractivity (Wildman–Crippen MR) is 109 cm³/mol. The number of hydrogen-bond acceptors (Lipinski definition) is 5. The van der Waals surface area contributed by atoms with Crippen LogP contribution in [0, 0.1) is 18.3 Å². The van der Waals surface area contributed by atoms with E-state index in [0.717, 1.165) is 24.1 Å². The van der Waals surface area contributed by atoms with E-state index in [4.69, 9.17) is 10.00 Å². The number of aryl methyl sites for hydroxylation is 1. The number of carbonyl (C=O) groups excluding carboxylic acids is 2. The summed E-state index contributed by atoms with van der Waals surface area (Å²) >= 11 is 0. The standard InChI is InChI=1S/C22H25N5O3/c1-15-11-16(12-23)4-5-18(15)21(28)27-6-2-3-17(14-27)20-19(13-24-25-20)22(29)26-7-9-30-10-8-26/h4-5,11,13,17H,2-3,6-10,14H2,1H3,(H,24,25)/t17-/m1/s1. The van der Waals surface area contributed by atoms with Gasteiger partial charge in [-0.1, -0.05) is 0 Å². The quantitative estimate of drug-likeness (QED) is 0.839. The number of morpholine rings is 1. The molecule has 2 aliphatic rings. The van der Waals surface area contributed by atoms with E-state index in [1.807, 2.05) is 11.8 Å². The van der Waals surface area contributed by atoms with E-state index >= 15 is 0 Å². The Morgan fingerprint density at radius 3 is 2.67 bits per heavy atom. The van der Waals surface area contributed by atoms with Crippen molar-refractivity contribution in [2.75, 3.05) is 39.4 Å². The number of benzene rings is 1. The minimum Gasteiger partial charge on any atom is -0.378 e. The Morgan fingerprint density at radius 1 is 1.17 bits per heavy atom. The molecule has 4 rings (SSSR count). The SMILES string of the molecule is Cc1cc(C#N)ccc1C(=O)N1CCC[C@@H](c2[nH]ncc2C(=O)N2CCOCC2)C1. The lowest BCUT2D eigenvalue weighted by Crippen LogP contribution is -2.42. The maximum Gasteiger partial charge on any atom is 0.257 e. The first-order chi connectivity index (χ1) is 14.6. The molecule has 0 spiro atoms. The van der Waals surface area contributed by atoms with Crippen LogP contribution in [0.25, 0.3) is 0 Å². The number of nitrogens with zero attached hydrogens (tertiary/aromatic N) is 4. The Bertz CT molecular complexity index is 987. The van der Waals surface area contributed by atoms with Crippen LogP contribution in [-0.4, -0.2) is 71.2 Å². The van der Waals surface area contributed by atoms with Crippen LogP contribution < -0.4 is 0 Å². The summed E-state index contributed by atoms with van der Waals surface area (Å²) < 4.78 is 5.34. The number of H-pyrrole nitrogens is 1. The molecule has 2 saturated heterocycles. The maximum absolute atomic E-state index is 13.1. The van der Waals surface area contributed by atoms with Gasteiger partial charge in [-0.25, -0.2) is 0 Å². The lowest BCUT2D eigenvalue weighted by molar-refractivity contribution is 0.0301. The average molecular weight is 407 g/mol. The molecule has 2 fully saturated rings. The van der Waals surface area contributed by atoms with E-state index in [0.29, 0.717) is 56.1 Å². The number of nitriles is 1. The first-order valence-corrected chi connectivity index (χ1v) is 10.3. The number of piperidine rings is 1. The molecule has 1 atom stereocenters. The zero-order valence-electron chi connectivity index (χ0n) is 17.1. The molecule has 0 saturated carbocycles. The van der Waals surface area contributed by atoms with E-state index in [-0.39, 0.29) is 17.7 Å². The summed E-state index contributed by atoms with van der Waals surface area (Å²) in [7, 11) is 0. The summed E-state index contributed by atoms with van der Waals surface area (Å²) in [5, 5.41) is 16.2. The fourth-order valence-electron chi connectivity index (χ4n) is 4.26. The van der Waals surface area contributed by atoms with Gasteiger partial charge in [0.05, 0.1) is 42.3 Å². The van der Waals surface area contributed by atoms with Crippen LogP contribution in [-0.2, 0) is 4.74 Å². The van der Waals surface area contributed by atoms with E-state index in [2.05, 4.69) is 16.3 Å². The van der Waals surface area contributed by atoms with E-state index in [1.54, 1.807) is 29.3 Å². The first-order valence-electron chi connectivity index (χ1n) is 10.3. The molecule has 0 bridgehead atoms. The van der Waals surface area contributed by atoms with Crippen molar-refractivity contribution in [1.29, 1.82) is 5.26 Å². The fourth-order valence-corrected chi connectivity index (χ4v) is 4.26. The van der Waals surface area contributed by atoms with Crippen molar-refractivity contribution in [3.05, 3.63) is 52.3 Å². The van der Waals surface area contributed by atoms with Gasteiger partial charge in [-0.05, 0) is 43.5 Å². The first kappa shape index (κ1) is 20.1. The highest BCUT2D eigenvalue weighted by atomic mass is 16.5. The van der Waals surface area contributed by atoms with Gasteiger partial charge in [0.1, 0.15) is 0 Å². The van der Waals surface area contributed by atoms with Crippen molar-refractivity contribution in [3.63, 3.8) is 0 Å². The van der Waals surface area contributed by atoms with Crippen LogP contribution in [0.5, 0.6) is 0 Å². The number of rotatable bonds is 3. The van der Waals surface area contributed by atoms with Gasteiger partial charge in [0.2, 0.25) is 0 Å². The van der Waals surface area contributed by atoms with Crippen molar-refractivity contribution in [3.8, 4) is 6.07 Å². The number of likely N-dealkylation sites (tertiary alicyclic amines) is 1. The summed E-state index contributed by atoms with van der Waals surface area (Å²) in [4.78, 5) is 29.7. The monoisotopic (exact) mass is 407 g/mol. The van der Waals surface area contributed by atoms with Crippen LogP contribution in [0.15, 0.2) is 24.4 Å². The van der Waals surface area contributed by atoms with Crippen LogP contribution in [0.1, 0.15) is 56.3 Å². The zero-order valence-corrected chi connectivity index (χ0v) is 17.1. The molecule has 1 aromatic carbocycles. The van der Waals surface area contributed by atoms with E-state index < -0.39 is 0 Å². The third-order valence-corrected chi connectivity index (χ3v) is 5.90. The van der Waals surface area contributed by atoms with E-state index in [9.17, 15) is 9.59 Å². The summed E-state index contributed by atoms with van der Waals surface area (Å²) in [6.07, 6.45) is 3.34. The molecule has 156 valence electrons. The van der Waals surface area contributed by atoms with E-state index in [1.165, 1.54) is 0 Å². The summed E-state index contributed by atoms with van der Waals surface area (Å²) in [6, 6.07) is 7.24. The van der Waals surface area contributed by atoms with Crippen molar-refractivity contribution in [2.45, 2.75) is 25.7 Å². The normalized spacial score (nSPS) is 19.4. The van der Waals surface area contributed by atoms with Gasteiger partial charge in [-0.15, -0.1) is 0 Å². The van der Waals surface area contributed by atoms with Gasteiger partial charge >= 0.3 is 0 Å². The Kier molecular flexibility index (Phi) is 5.81. The molecule has 8 heteroatoms. The second kappa shape index (κ2) is 8.67. The Morgan fingerprint density at radius 2 is 1.93 bits per heavy atom. The Hall–Kier alpha value is -3.18. The molecule has 8 nitrogen and oxygen atoms in total. The van der Waals surface area contributed by atoms with Crippen molar-refractivity contribution >= 4 is 11.8 Å². The number of aromatic nitrogens is 2. The summed E-state index contributed by atoms with van der Waals surface area (Å²) in [5.74, 6) is -0.0421. The van der Waals surface area contributed by atoms with Gasteiger partial charge < -0.3 is 14.5 Å². The molecule has 2 aromatic rings. The Labute approximate surface area is 175 Å². The smallest absolute Gasteiger partial charge is 0.257 e. The minimum atomic E-state index is -0.0396. The molecule has 2 aliphatic heterocycles. The second-order valence-corrected chi connectivity index (χ2v) is 7.83.